The molecule has 1 aliphatic rings. The van der Waals surface area contributed by atoms with Crippen LogP contribution in [0.15, 0.2) is 36.7 Å². The van der Waals surface area contributed by atoms with E-state index in [4.69, 9.17) is 9.84 Å². The van der Waals surface area contributed by atoms with Crippen molar-refractivity contribution in [3.63, 3.8) is 0 Å². The van der Waals surface area contributed by atoms with E-state index in [2.05, 4.69) is 19.4 Å². The zero-order valence-electron chi connectivity index (χ0n) is 24.9. The quantitative estimate of drug-likeness (QED) is 0.136. The zero-order valence-corrected chi connectivity index (χ0v) is 28.0. The second kappa shape index (κ2) is 25.1. The van der Waals surface area contributed by atoms with Crippen LogP contribution in [0, 0.1) is 0 Å². The fourth-order valence-corrected chi connectivity index (χ4v) is 2.76. The maximum absolute atomic E-state index is 12.4. The third-order valence-corrected chi connectivity index (χ3v) is 4.71. The van der Waals surface area contributed by atoms with E-state index >= 15 is 0 Å². The number of pyridine rings is 2. The van der Waals surface area contributed by atoms with E-state index < -0.39 is 77.4 Å². The monoisotopic (exact) mass is 710 g/mol. The molecule has 0 aromatic carbocycles. The number of carboxylic acids is 2. The van der Waals surface area contributed by atoms with Crippen molar-refractivity contribution in [3.05, 3.63) is 59.2 Å². The number of ether oxygens (including phenoxy) is 3. The Kier molecular flexibility index (Phi) is 25.9. The van der Waals surface area contributed by atoms with E-state index in [1.54, 1.807) is 13.8 Å². The fourth-order valence-electron chi connectivity index (χ4n) is 2.76. The molecular weight excluding hydrogens is 677 g/mol. The van der Waals surface area contributed by atoms with Crippen LogP contribution < -0.4 is 56.5 Å². The first-order chi connectivity index (χ1) is 20.9. The summed E-state index contributed by atoms with van der Waals surface area (Å²) in [6.07, 6.45) is -6.13. The second-order valence-corrected chi connectivity index (χ2v) is 8.24. The molecule has 0 spiro atoms. The van der Waals surface area contributed by atoms with Gasteiger partial charge in [-0.3, -0.25) is 19.4 Å². The molecule has 3 heterocycles. The molecule has 1 fully saturated rings. The van der Waals surface area contributed by atoms with Crippen LogP contribution in [0.2, 0.25) is 0 Å². The third kappa shape index (κ3) is 23.1. The van der Waals surface area contributed by atoms with E-state index in [-0.39, 0.29) is 72.0 Å². The number of esters is 2. The first-order valence-electron chi connectivity index (χ1n) is 12.8. The first-order valence-corrected chi connectivity index (χ1v) is 12.8. The topological polar surface area (TPSA) is 182 Å². The van der Waals surface area contributed by atoms with E-state index in [1.165, 1.54) is 12.8 Å². The van der Waals surface area contributed by atoms with Gasteiger partial charge in [0.05, 0.1) is 36.7 Å². The van der Waals surface area contributed by atoms with E-state index in [0.717, 1.165) is 31.7 Å². The molecule has 3 rings (SSSR count). The number of rotatable bonds is 8. The molecule has 1 saturated heterocycles. The van der Waals surface area contributed by atoms with Crippen molar-refractivity contribution in [2.75, 3.05) is 26.4 Å². The molecule has 0 amide bonds. The maximum atomic E-state index is 12.4. The van der Waals surface area contributed by atoms with Crippen molar-refractivity contribution in [2.45, 2.75) is 59.3 Å². The number of nitrogens with zero attached hydrogens (tertiary/aromatic N) is 2. The van der Waals surface area contributed by atoms with E-state index in [1.807, 2.05) is 0 Å². The second-order valence-electron chi connectivity index (χ2n) is 8.24. The molecule has 0 aliphatic carbocycles. The molecule has 2 aromatic rings. The number of Topliss-reactive ketones (excluding diaryl/α,β-unsaturated/α-hetero) is 1. The molecule has 1 N–H and O–H groups in total. The predicted molar refractivity (Wildman–Crippen MR) is 144 cm³/mol. The number of aliphatic carboxylic acids is 1. The SMILES string of the molecule is C.C1CCOC1.CCOC(=O)CC(=O)[O-].CCOC(=O)CC(=O)c1cc(C(F)(F)F)ccn1.O=C(O)c1cc(C(F)(F)F)ccn1.[K+]. The van der Waals surface area contributed by atoms with Gasteiger partial charge in [0.15, 0.2) is 5.78 Å². The molecule has 12 nitrogen and oxygen atoms in total. The van der Waals surface area contributed by atoms with Crippen LogP contribution in [0.3, 0.4) is 0 Å². The van der Waals surface area contributed by atoms with Gasteiger partial charge in [0.25, 0.3) is 0 Å². The summed E-state index contributed by atoms with van der Waals surface area (Å²) in [5, 5.41) is 18.0. The summed E-state index contributed by atoms with van der Waals surface area (Å²) in [6, 6.07) is 2.57. The largest absolute Gasteiger partial charge is 1.00 e. The number of carbonyl (C=O) groups is 5. The summed E-state index contributed by atoms with van der Waals surface area (Å²) < 4.78 is 86.9. The molecule has 1 aliphatic heterocycles. The Morgan fingerprint density at radius 1 is 0.809 bits per heavy atom. The van der Waals surface area contributed by atoms with Gasteiger partial charge < -0.3 is 29.2 Å². The molecule has 0 unspecified atom stereocenters. The van der Waals surface area contributed by atoms with Gasteiger partial charge in [0.2, 0.25) is 0 Å². The van der Waals surface area contributed by atoms with E-state index in [9.17, 15) is 55.4 Å². The van der Waals surface area contributed by atoms with Crippen molar-refractivity contribution in [2.24, 2.45) is 0 Å². The Balaban J connectivity index is -0.000000586. The number of ketones is 1. The van der Waals surface area contributed by atoms with Crippen molar-refractivity contribution < 1.29 is 126 Å². The Morgan fingerprint density at radius 3 is 1.55 bits per heavy atom. The number of aromatic carboxylic acids is 1. The molecule has 0 bridgehead atoms. The minimum atomic E-state index is -4.55. The molecule has 2 aromatic heterocycles. The number of hydrogen-bond acceptors (Lipinski definition) is 11. The molecular formula is C28H33F6KN2O10. The average molecular weight is 711 g/mol. The number of halogens is 6. The molecule has 258 valence electrons. The van der Waals surface area contributed by atoms with Gasteiger partial charge in [-0.2, -0.15) is 26.3 Å². The summed E-state index contributed by atoms with van der Waals surface area (Å²) >= 11 is 0. The van der Waals surface area contributed by atoms with Crippen molar-refractivity contribution in [3.8, 4) is 0 Å². The number of carbonyl (C=O) groups excluding carboxylic acids is 4. The van der Waals surface area contributed by atoms with Crippen molar-refractivity contribution in [1.29, 1.82) is 0 Å². The average Bonchev–Trinajstić information content (AvgIpc) is 3.53. The Bertz CT molecular complexity index is 1270. The van der Waals surface area contributed by atoms with Gasteiger partial charge in [-0.1, -0.05) is 7.43 Å². The fraction of sp³-hybridized carbons (Fsp3) is 0.464. The van der Waals surface area contributed by atoms with Crippen LogP contribution in [0.25, 0.3) is 0 Å². The van der Waals surface area contributed by atoms with Crippen molar-refractivity contribution >= 4 is 29.7 Å². The minimum Gasteiger partial charge on any atom is -0.550 e. The zero-order chi connectivity index (χ0) is 34.6. The molecule has 0 radical (unpaired) electrons. The summed E-state index contributed by atoms with van der Waals surface area (Å²) in [7, 11) is 0. The number of alkyl halides is 6. The summed E-state index contributed by atoms with van der Waals surface area (Å²) in [6.45, 7) is 5.46. The van der Waals surface area contributed by atoms with Gasteiger partial charge in [0.1, 0.15) is 17.8 Å². The summed E-state index contributed by atoms with van der Waals surface area (Å²) in [5.74, 6) is -5.24. The minimum absolute atomic E-state index is 0. The van der Waals surface area contributed by atoms with E-state index in [0.29, 0.717) is 18.2 Å². The normalized spacial score (nSPS) is 11.6. The van der Waals surface area contributed by atoms with Crippen LogP contribution in [-0.2, 0) is 40.9 Å². The Hall–Kier alpha value is -2.97. The van der Waals surface area contributed by atoms with Crippen LogP contribution in [0.5, 0.6) is 0 Å². The third-order valence-electron chi connectivity index (χ3n) is 4.71. The number of carboxylic acid groups (broad SMARTS) is 2. The smallest absolute Gasteiger partial charge is 0.550 e. The first kappa shape index (κ1) is 48.4. The van der Waals surface area contributed by atoms with Crippen LogP contribution in [0.1, 0.15) is 79.1 Å². The maximum Gasteiger partial charge on any atom is 1.00 e. The van der Waals surface area contributed by atoms with Crippen LogP contribution in [-0.4, -0.2) is 71.2 Å². The van der Waals surface area contributed by atoms with Crippen molar-refractivity contribution in [1.82, 2.24) is 9.97 Å². The molecule has 47 heavy (non-hydrogen) atoms. The van der Waals surface area contributed by atoms with Gasteiger partial charge in [-0.05, 0) is 51.0 Å². The van der Waals surface area contributed by atoms with Crippen LogP contribution in [0.4, 0.5) is 26.3 Å². The summed E-state index contributed by atoms with van der Waals surface area (Å²) in [5.41, 5.74) is -3.02. The van der Waals surface area contributed by atoms with Gasteiger partial charge in [0, 0.05) is 25.6 Å². The summed E-state index contributed by atoms with van der Waals surface area (Å²) in [4.78, 5) is 59.4. The Morgan fingerprint density at radius 2 is 1.21 bits per heavy atom. The standard InChI is InChI=1S/C11H10F3NO3.C7H4F3NO2.C5H8O4.C4H8O.CH4.K/c1-2-18-10(17)6-9(16)8-5-7(3-4-15-8)11(12,13)14;8-7(9,10)4-1-2-11-5(3-4)6(12)13;1-2-9-5(8)3-4(6)7;1-2-4-5-3-1;;/h3-5H,2,6H2,1H3;1-3H,(H,12,13);2-3H2,1H3,(H,6,7);1-4H2;1H4;/q;;;;;+1/p-1. The molecule has 0 atom stereocenters. The van der Waals surface area contributed by atoms with Gasteiger partial charge in [-0.25, -0.2) is 9.78 Å². The molecule has 19 heteroatoms. The molecule has 0 saturated carbocycles. The van der Waals surface area contributed by atoms with Gasteiger partial charge in [-0.15, -0.1) is 0 Å². The Labute approximate surface area is 308 Å². The van der Waals surface area contributed by atoms with Gasteiger partial charge >= 0.3 is 81.6 Å². The number of hydrogen-bond donors (Lipinski definition) is 1. The predicted octanol–water partition coefficient (Wildman–Crippen LogP) is 1.16. The van der Waals surface area contributed by atoms with Crippen LogP contribution >= 0.6 is 0 Å². The number of aromatic nitrogens is 2.